The van der Waals surface area contributed by atoms with Gasteiger partial charge in [-0.15, -0.1) is 0 Å². The lowest BCUT2D eigenvalue weighted by atomic mass is 9.90. The summed E-state index contributed by atoms with van der Waals surface area (Å²) in [7, 11) is 1.84. The topological polar surface area (TPSA) is 51.3 Å². The van der Waals surface area contributed by atoms with Crippen molar-refractivity contribution >= 4 is 5.91 Å². The van der Waals surface area contributed by atoms with E-state index in [9.17, 15) is 4.79 Å². The molecule has 5 heteroatoms. The molecular formula is C17H23N3O2. The highest BCUT2D eigenvalue weighted by atomic mass is 16.3. The fourth-order valence-electron chi connectivity index (χ4n) is 3.25. The summed E-state index contributed by atoms with van der Waals surface area (Å²) in [4.78, 5) is 14.9. The molecule has 1 aliphatic heterocycles. The van der Waals surface area contributed by atoms with Crippen LogP contribution in [-0.4, -0.2) is 27.1 Å². The monoisotopic (exact) mass is 301 g/mol. The third kappa shape index (κ3) is 2.67. The average molecular weight is 301 g/mol. The predicted octanol–water partition coefficient (Wildman–Crippen LogP) is 3.24. The van der Waals surface area contributed by atoms with E-state index in [0.29, 0.717) is 11.5 Å². The number of piperidine rings is 1. The summed E-state index contributed by atoms with van der Waals surface area (Å²) in [6.45, 7) is 6.82. The van der Waals surface area contributed by atoms with Gasteiger partial charge in [-0.05, 0) is 44.7 Å². The molecule has 2 atom stereocenters. The van der Waals surface area contributed by atoms with Crippen molar-refractivity contribution in [2.75, 3.05) is 6.54 Å². The summed E-state index contributed by atoms with van der Waals surface area (Å²) >= 11 is 0. The van der Waals surface area contributed by atoms with Gasteiger partial charge < -0.3 is 9.32 Å². The standard InChI is InChI=1S/C17H23N3O2/c1-11-7-8-20(15(9-11)16-6-5-12(2)22-16)17(21)14-10-19(4)18-13(14)3/h5-6,10-11,15H,7-9H2,1-4H3/t11-,15+/m1/s1. The van der Waals surface area contributed by atoms with Gasteiger partial charge in [0.2, 0.25) is 0 Å². The Morgan fingerprint density at radius 1 is 1.36 bits per heavy atom. The number of nitrogens with zero attached hydrogens (tertiary/aromatic N) is 3. The summed E-state index contributed by atoms with van der Waals surface area (Å²) in [6, 6.07) is 3.98. The van der Waals surface area contributed by atoms with Crippen LogP contribution in [-0.2, 0) is 7.05 Å². The zero-order chi connectivity index (χ0) is 15.9. The molecule has 1 fully saturated rings. The summed E-state index contributed by atoms with van der Waals surface area (Å²) in [6.07, 6.45) is 3.78. The minimum atomic E-state index is 0.0181. The number of rotatable bonds is 2. The van der Waals surface area contributed by atoms with Gasteiger partial charge in [-0.2, -0.15) is 5.10 Å². The highest BCUT2D eigenvalue weighted by Gasteiger charge is 2.34. The van der Waals surface area contributed by atoms with Crippen molar-refractivity contribution in [3.8, 4) is 0 Å². The summed E-state index contributed by atoms with van der Waals surface area (Å²) in [5.41, 5.74) is 1.46. The maximum Gasteiger partial charge on any atom is 0.257 e. The predicted molar refractivity (Wildman–Crippen MR) is 83.6 cm³/mol. The Hall–Kier alpha value is -2.04. The van der Waals surface area contributed by atoms with E-state index in [1.165, 1.54) is 0 Å². The number of furan rings is 1. The molecule has 5 nitrogen and oxygen atoms in total. The Morgan fingerprint density at radius 2 is 2.14 bits per heavy atom. The first-order chi connectivity index (χ1) is 10.5. The molecule has 0 unspecified atom stereocenters. The minimum absolute atomic E-state index is 0.0181. The highest BCUT2D eigenvalue weighted by molar-refractivity contribution is 5.95. The number of carbonyl (C=O) groups excluding carboxylic acids is 1. The number of amides is 1. The molecule has 1 amide bonds. The van der Waals surface area contributed by atoms with Crippen molar-refractivity contribution in [1.82, 2.24) is 14.7 Å². The molecule has 22 heavy (non-hydrogen) atoms. The Balaban J connectivity index is 1.92. The Morgan fingerprint density at radius 3 is 2.73 bits per heavy atom. The van der Waals surface area contributed by atoms with Gasteiger partial charge in [0.25, 0.3) is 5.91 Å². The van der Waals surface area contributed by atoms with Crippen LogP contribution in [0.5, 0.6) is 0 Å². The van der Waals surface area contributed by atoms with Gasteiger partial charge in [0, 0.05) is 19.8 Å². The summed E-state index contributed by atoms with van der Waals surface area (Å²) in [5.74, 6) is 2.42. The number of hydrogen-bond acceptors (Lipinski definition) is 3. The van der Waals surface area contributed by atoms with Gasteiger partial charge in [-0.25, -0.2) is 0 Å². The van der Waals surface area contributed by atoms with E-state index in [1.807, 2.05) is 37.9 Å². The number of aromatic nitrogens is 2. The van der Waals surface area contributed by atoms with Crippen molar-refractivity contribution in [3.63, 3.8) is 0 Å². The van der Waals surface area contributed by atoms with Crippen LogP contribution >= 0.6 is 0 Å². The summed E-state index contributed by atoms with van der Waals surface area (Å²) < 4.78 is 7.50. The highest BCUT2D eigenvalue weighted by Crippen LogP contribution is 2.36. The van der Waals surface area contributed by atoms with Crippen LogP contribution in [0.1, 0.15) is 53.4 Å². The first-order valence-electron chi connectivity index (χ1n) is 7.83. The Labute approximate surface area is 130 Å². The van der Waals surface area contributed by atoms with Crippen LogP contribution in [0.15, 0.2) is 22.7 Å². The lowest BCUT2D eigenvalue weighted by Crippen LogP contribution is -2.40. The largest absolute Gasteiger partial charge is 0.464 e. The van der Waals surface area contributed by atoms with Gasteiger partial charge in [0.1, 0.15) is 11.5 Å². The van der Waals surface area contributed by atoms with Gasteiger partial charge in [-0.1, -0.05) is 6.92 Å². The zero-order valence-corrected chi connectivity index (χ0v) is 13.7. The molecule has 0 aliphatic carbocycles. The van der Waals surface area contributed by atoms with Crippen molar-refractivity contribution in [1.29, 1.82) is 0 Å². The Bertz CT molecular complexity index is 686. The molecule has 3 heterocycles. The number of aryl methyl sites for hydroxylation is 3. The normalized spacial score (nSPS) is 22.1. The maximum absolute atomic E-state index is 13.0. The molecular weight excluding hydrogens is 278 g/mol. The van der Waals surface area contributed by atoms with Crippen LogP contribution in [0.3, 0.4) is 0 Å². The van der Waals surface area contributed by atoms with Crippen LogP contribution in [0.25, 0.3) is 0 Å². The molecule has 0 spiro atoms. The van der Waals surface area contributed by atoms with E-state index in [2.05, 4.69) is 12.0 Å². The van der Waals surface area contributed by atoms with E-state index < -0.39 is 0 Å². The molecule has 2 aromatic heterocycles. The minimum Gasteiger partial charge on any atom is -0.464 e. The van der Waals surface area contributed by atoms with Crippen molar-refractivity contribution in [2.45, 2.75) is 39.7 Å². The molecule has 0 aromatic carbocycles. The quantitative estimate of drug-likeness (QED) is 0.855. The fraction of sp³-hybridized carbons (Fsp3) is 0.529. The van der Waals surface area contributed by atoms with Crippen LogP contribution in [0.4, 0.5) is 0 Å². The molecule has 0 N–H and O–H groups in total. The molecule has 118 valence electrons. The zero-order valence-electron chi connectivity index (χ0n) is 13.7. The molecule has 0 saturated carbocycles. The number of carbonyl (C=O) groups is 1. The first-order valence-corrected chi connectivity index (χ1v) is 7.83. The lowest BCUT2D eigenvalue weighted by Gasteiger charge is -2.37. The lowest BCUT2D eigenvalue weighted by molar-refractivity contribution is 0.0518. The van der Waals surface area contributed by atoms with Crippen LogP contribution < -0.4 is 0 Å². The molecule has 1 aliphatic rings. The number of likely N-dealkylation sites (tertiary alicyclic amines) is 1. The van der Waals surface area contributed by atoms with Crippen LogP contribution in [0.2, 0.25) is 0 Å². The second kappa shape index (κ2) is 5.63. The average Bonchev–Trinajstić information content (AvgIpc) is 3.03. The molecule has 0 radical (unpaired) electrons. The van der Waals surface area contributed by atoms with E-state index in [0.717, 1.165) is 36.6 Å². The second-order valence-electron chi connectivity index (χ2n) is 6.39. The molecule has 0 bridgehead atoms. The van der Waals surface area contributed by atoms with Gasteiger partial charge in [0.15, 0.2) is 0 Å². The van der Waals surface area contributed by atoms with Gasteiger partial charge in [0.05, 0.1) is 17.3 Å². The van der Waals surface area contributed by atoms with Gasteiger partial charge >= 0.3 is 0 Å². The van der Waals surface area contributed by atoms with E-state index in [4.69, 9.17) is 4.42 Å². The third-order valence-corrected chi connectivity index (χ3v) is 4.46. The first kappa shape index (κ1) is 14.9. The smallest absolute Gasteiger partial charge is 0.257 e. The van der Waals surface area contributed by atoms with Crippen LogP contribution in [0, 0.1) is 19.8 Å². The van der Waals surface area contributed by atoms with Crippen molar-refractivity contribution in [3.05, 3.63) is 41.1 Å². The maximum atomic E-state index is 13.0. The Kier molecular flexibility index (Phi) is 3.81. The molecule has 1 saturated heterocycles. The van der Waals surface area contributed by atoms with Crippen molar-refractivity contribution in [2.24, 2.45) is 13.0 Å². The molecule has 3 rings (SSSR count). The van der Waals surface area contributed by atoms with E-state index in [1.54, 1.807) is 10.9 Å². The molecule has 2 aromatic rings. The third-order valence-electron chi connectivity index (χ3n) is 4.46. The van der Waals surface area contributed by atoms with Gasteiger partial charge in [-0.3, -0.25) is 9.48 Å². The van der Waals surface area contributed by atoms with E-state index in [-0.39, 0.29) is 11.9 Å². The second-order valence-corrected chi connectivity index (χ2v) is 6.39. The van der Waals surface area contributed by atoms with E-state index >= 15 is 0 Å². The fourth-order valence-corrected chi connectivity index (χ4v) is 3.25. The van der Waals surface area contributed by atoms with Crippen molar-refractivity contribution < 1.29 is 9.21 Å². The summed E-state index contributed by atoms with van der Waals surface area (Å²) in [5, 5.41) is 4.29. The number of hydrogen-bond donors (Lipinski definition) is 0. The SMILES string of the molecule is Cc1ccc([C@@H]2C[C@H](C)CCN2C(=O)c2cn(C)nc2C)o1.